The van der Waals surface area contributed by atoms with Crippen molar-refractivity contribution in [2.75, 3.05) is 19.7 Å². The molecule has 4 heteroatoms. The first-order valence-electron chi connectivity index (χ1n) is 8.14. The summed E-state index contributed by atoms with van der Waals surface area (Å²) in [4.78, 5) is 17.8. The molecule has 0 spiro atoms. The van der Waals surface area contributed by atoms with Crippen LogP contribution in [0.5, 0.6) is 0 Å². The lowest BCUT2D eigenvalue weighted by Crippen LogP contribution is -2.39. The smallest absolute Gasteiger partial charge is 0.310 e. The predicted molar refractivity (Wildman–Crippen MR) is 87.7 cm³/mol. The molecule has 1 aromatic carbocycles. The molecule has 0 unspecified atom stereocenters. The molecule has 1 atom stereocenters. The molecule has 4 nitrogen and oxygen atoms in total. The number of carbonyl (C=O) groups is 1. The van der Waals surface area contributed by atoms with E-state index >= 15 is 0 Å². The third-order valence-electron chi connectivity index (χ3n) is 4.53. The highest BCUT2D eigenvalue weighted by Crippen LogP contribution is 2.26. The molecule has 1 fully saturated rings. The SMILES string of the molecule is CCOC(=O)[C@@H]1CCCN(Cc2c(C)[nH]c3ccccc23)C1. The number of nitrogens with zero attached hydrogens (tertiary/aromatic N) is 1. The average molecular weight is 300 g/mol. The van der Waals surface area contributed by atoms with E-state index in [1.54, 1.807) is 0 Å². The van der Waals surface area contributed by atoms with Gasteiger partial charge in [0.1, 0.15) is 0 Å². The minimum atomic E-state index is -0.0390. The zero-order valence-electron chi connectivity index (χ0n) is 13.4. The molecule has 1 aliphatic rings. The molecule has 1 aliphatic heterocycles. The number of piperidine rings is 1. The Hall–Kier alpha value is -1.81. The van der Waals surface area contributed by atoms with E-state index in [0.717, 1.165) is 32.5 Å². The normalized spacial score (nSPS) is 19.5. The summed E-state index contributed by atoms with van der Waals surface area (Å²) in [5.41, 5.74) is 3.76. The number of H-pyrrole nitrogens is 1. The number of esters is 1. The van der Waals surface area contributed by atoms with E-state index in [4.69, 9.17) is 4.74 Å². The summed E-state index contributed by atoms with van der Waals surface area (Å²) in [5.74, 6) is -0.0120. The molecule has 2 heterocycles. The molecular formula is C18H24N2O2. The zero-order valence-corrected chi connectivity index (χ0v) is 13.4. The van der Waals surface area contributed by atoms with Crippen LogP contribution in [-0.2, 0) is 16.1 Å². The number of aromatic nitrogens is 1. The van der Waals surface area contributed by atoms with Crippen molar-refractivity contribution >= 4 is 16.9 Å². The Balaban J connectivity index is 1.74. The summed E-state index contributed by atoms with van der Waals surface area (Å²) < 4.78 is 5.19. The van der Waals surface area contributed by atoms with Crippen LogP contribution in [-0.4, -0.2) is 35.5 Å². The fourth-order valence-electron chi connectivity index (χ4n) is 3.41. The number of carbonyl (C=O) groups excluding carboxylic acids is 1. The number of hydrogen-bond donors (Lipinski definition) is 1. The van der Waals surface area contributed by atoms with Gasteiger partial charge < -0.3 is 9.72 Å². The van der Waals surface area contributed by atoms with Crippen LogP contribution < -0.4 is 0 Å². The lowest BCUT2D eigenvalue weighted by Gasteiger charge is -2.31. The highest BCUT2D eigenvalue weighted by atomic mass is 16.5. The van der Waals surface area contributed by atoms with E-state index in [0.29, 0.717) is 6.61 Å². The molecule has 2 aromatic rings. The Morgan fingerprint density at radius 1 is 1.41 bits per heavy atom. The Bertz CT molecular complexity index is 662. The van der Waals surface area contributed by atoms with Gasteiger partial charge in [-0.2, -0.15) is 0 Å². The monoisotopic (exact) mass is 300 g/mol. The summed E-state index contributed by atoms with van der Waals surface area (Å²) in [6.45, 7) is 7.21. The molecule has 3 rings (SSSR count). The summed E-state index contributed by atoms with van der Waals surface area (Å²) >= 11 is 0. The Labute approximate surface area is 131 Å². The van der Waals surface area contributed by atoms with E-state index in [9.17, 15) is 4.79 Å². The molecule has 118 valence electrons. The van der Waals surface area contributed by atoms with Crippen LogP contribution in [0, 0.1) is 12.8 Å². The van der Waals surface area contributed by atoms with Crippen molar-refractivity contribution in [3.8, 4) is 0 Å². The Morgan fingerprint density at radius 2 is 2.23 bits per heavy atom. The molecule has 1 N–H and O–H groups in total. The van der Waals surface area contributed by atoms with E-state index < -0.39 is 0 Å². The first-order chi connectivity index (χ1) is 10.7. The van der Waals surface area contributed by atoms with Gasteiger partial charge in [0.15, 0.2) is 0 Å². The second-order valence-electron chi connectivity index (χ2n) is 6.10. The van der Waals surface area contributed by atoms with Crippen molar-refractivity contribution < 1.29 is 9.53 Å². The van der Waals surface area contributed by atoms with E-state index in [1.165, 1.54) is 22.2 Å². The quantitative estimate of drug-likeness (QED) is 0.882. The van der Waals surface area contributed by atoms with Crippen LogP contribution in [0.1, 0.15) is 31.0 Å². The van der Waals surface area contributed by atoms with Gasteiger partial charge >= 0.3 is 5.97 Å². The standard InChI is InChI=1S/C18H24N2O2/c1-3-22-18(21)14-7-6-10-20(11-14)12-16-13(2)19-17-9-5-4-8-15(16)17/h4-5,8-9,14,19H,3,6-7,10-12H2,1-2H3/t14-/m1/s1. The molecular weight excluding hydrogens is 276 g/mol. The van der Waals surface area contributed by atoms with Crippen LogP contribution in [0.2, 0.25) is 0 Å². The van der Waals surface area contributed by atoms with Gasteiger partial charge in [0.2, 0.25) is 0 Å². The van der Waals surface area contributed by atoms with Gasteiger partial charge in [-0.1, -0.05) is 18.2 Å². The number of ether oxygens (including phenoxy) is 1. The van der Waals surface area contributed by atoms with Crippen molar-refractivity contribution in [2.24, 2.45) is 5.92 Å². The van der Waals surface area contributed by atoms with Crippen molar-refractivity contribution in [3.05, 3.63) is 35.5 Å². The first kappa shape index (κ1) is 15.1. The molecule has 1 aromatic heterocycles. The molecule has 0 bridgehead atoms. The van der Waals surface area contributed by atoms with Crippen molar-refractivity contribution in [1.82, 2.24) is 9.88 Å². The van der Waals surface area contributed by atoms with Gasteiger partial charge in [0.05, 0.1) is 12.5 Å². The molecule has 0 amide bonds. The minimum absolute atomic E-state index is 0.0270. The summed E-state index contributed by atoms with van der Waals surface area (Å²) in [7, 11) is 0. The minimum Gasteiger partial charge on any atom is -0.466 e. The second kappa shape index (κ2) is 6.53. The van der Waals surface area contributed by atoms with Gasteiger partial charge in [-0.3, -0.25) is 9.69 Å². The van der Waals surface area contributed by atoms with Crippen molar-refractivity contribution in [1.29, 1.82) is 0 Å². The van der Waals surface area contributed by atoms with Gasteiger partial charge in [-0.05, 0) is 44.9 Å². The molecule has 0 aliphatic carbocycles. The fourth-order valence-corrected chi connectivity index (χ4v) is 3.41. The number of likely N-dealkylation sites (tertiary alicyclic amines) is 1. The number of fused-ring (bicyclic) bond motifs is 1. The highest BCUT2D eigenvalue weighted by molar-refractivity contribution is 5.84. The lowest BCUT2D eigenvalue weighted by atomic mass is 9.97. The maximum atomic E-state index is 12.0. The van der Waals surface area contributed by atoms with Crippen LogP contribution in [0.4, 0.5) is 0 Å². The van der Waals surface area contributed by atoms with Crippen LogP contribution in [0.25, 0.3) is 10.9 Å². The average Bonchev–Trinajstić information content (AvgIpc) is 2.84. The number of hydrogen-bond acceptors (Lipinski definition) is 3. The fraction of sp³-hybridized carbons (Fsp3) is 0.500. The van der Waals surface area contributed by atoms with Crippen LogP contribution in [0.15, 0.2) is 24.3 Å². The van der Waals surface area contributed by atoms with Crippen LogP contribution in [0.3, 0.4) is 0 Å². The number of benzene rings is 1. The topological polar surface area (TPSA) is 45.3 Å². The molecule has 22 heavy (non-hydrogen) atoms. The maximum absolute atomic E-state index is 12.0. The van der Waals surface area contributed by atoms with Gasteiger partial charge in [-0.25, -0.2) is 0 Å². The maximum Gasteiger partial charge on any atom is 0.310 e. The Morgan fingerprint density at radius 3 is 3.05 bits per heavy atom. The Kier molecular flexibility index (Phi) is 4.48. The van der Waals surface area contributed by atoms with Crippen molar-refractivity contribution in [2.45, 2.75) is 33.2 Å². The first-order valence-corrected chi connectivity index (χ1v) is 8.14. The zero-order chi connectivity index (χ0) is 15.5. The highest BCUT2D eigenvalue weighted by Gasteiger charge is 2.27. The summed E-state index contributed by atoms with van der Waals surface area (Å²) in [6, 6.07) is 8.42. The lowest BCUT2D eigenvalue weighted by molar-refractivity contribution is -0.150. The van der Waals surface area contributed by atoms with Crippen LogP contribution >= 0.6 is 0 Å². The summed E-state index contributed by atoms with van der Waals surface area (Å²) in [5, 5.41) is 1.29. The molecule has 1 saturated heterocycles. The van der Waals surface area contributed by atoms with Gasteiger partial charge in [0, 0.05) is 29.7 Å². The van der Waals surface area contributed by atoms with E-state index in [2.05, 4.69) is 41.1 Å². The summed E-state index contributed by atoms with van der Waals surface area (Å²) in [6.07, 6.45) is 2.01. The third-order valence-corrected chi connectivity index (χ3v) is 4.53. The number of para-hydroxylation sites is 1. The number of rotatable bonds is 4. The van der Waals surface area contributed by atoms with E-state index in [1.807, 2.05) is 6.92 Å². The number of aromatic amines is 1. The largest absolute Gasteiger partial charge is 0.466 e. The number of nitrogens with one attached hydrogen (secondary N) is 1. The van der Waals surface area contributed by atoms with Gasteiger partial charge in [-0.15, -0.1) is 0 Å². The predicted octanol–water partition coefficient (Wildman–Crippen LogP) is 3.25. The second-order valence-corrected chi connectivity index (χ2v) is 6.10. The molecule has 0 radical (unpaired) electrons. The molecule has 0 saturated carbocycles. The third kappa shape index (κ3) is 3.02. The van der Waals surface area contributed by atoms with E-state index in [-0.39, 0.29) is 11.9 Å². The number of aryl methyl sites for hydroxylation is 1. The van der Waals surface area contributed by atoms with Crippen molar-refractivity contribution in [3.63, 3.8) is 0 Å². The van der Waals surface area contributed by atoms with Gasteiger partial charge in [0.25, 0.3) is 0 Å².